The van der Waals surface area contributed by atoms with E-state index in [9.17, 15) is 9.59 Å². The minimum atomic E-state index is -0.224. The topological polar surface area (TPSA) is 79.3 Å². The predicted octanol–water partition coefficient (Wildman–Crippen LogP) is 2.48. The molecule has 1 aromatic rings. The smallest absolute Gasteiger partial charge is 0.320 e. The van der Waals surface area contributed by atoms with Gasteiger partial charge in [0.05, 0.1) is 6.20 Å². The second-order valence-corrected chi connectivity index (χ2v) is 7.16. The van der Waals surface area contributed by atoms with Crippen LogP contribution in [0.4, 0.5) is 10.6 Å². The Balaban J connectivity index is 1.89. The first kappa shape index (κ1) is 18.3. The standard InChI is InChI=1S/C17H29N5O2/c1-11(2)16(23)21-9-7-14(13(5)10-21)19-17(24)20-15-6-8-18-22(15)12(3)4/h6,8,11-14H,7,9-10H2,1-5H3,(H2,19,20,24). The van der Waals surface area contributed by atoms with Crippen molar-refractivity contribution >= 4 is 17.8 Å². The number of hydrogen-bond acceptors (Lipinski definition) is 3. The van der Waals surface area contributed by atoms with Crippen LogP contribution in [-0.2, 0) is 4.79 Å². The second-order valence-electron chi connectivity index (χ2n) is 7.16. The molecule has 2 unspecified atom stereocenters. The summed E-state index contributed by atoms with van der Waals surface area (Å²) in [6.45, 7) is 11.3. The van der Waals surface area contributed by atoms with Crippen molar-refractivity contribution in [1.82, 2.24) is 20.0 Å². The highest BCUT2D eigenvalue weighted by Crippen LogP contribution is 2.19. The maximum absolute atomic E-state index is 12.3. The third-order valence-corrected chi connectivity index (χ3v) is 4.43. The summed E-state index contributed by atoms with van der Waals surface area (Å²) in [5, 5.41) is 10.1. The van der Waals surface area contributed by atoms with Crippen LogP contribution in [0.2, 0.25) is 0 Å². The Hall–Kier alpha value is -2.05. The number of rotatable bonds is 4. The van der Waals surface area contributed by atoms with E-state index in [1.807, 2.05) is 32.6 Å². The highest BCUT2D eigenvalue weighted by atomic mass is 16.2. The fraction of sp³-hybridized carbons (Fsp3) is 0.706. The van der Waals surface area contributed by atoms with E-state index in [0.29, 0.717) is 18.9 Å². The van der Waals surface area contributed by atoms with E-state index in [4.69, 9.17) is 0 Å². The van der Waals surface area contributed by atoms with Crippen molar-refractivity contribution in [2.75, 3.05) is 18.4 Å². The Bertz CT molecular complexity index is 581. The van der Waals surface area contributed by atoms with Crippen molar-refractivity contribution in [3.63, 3.8) is 0 Å². The second kappa shape index (κ2) is 7.68. The molecule has 0 saturated carbocycles. The summed E-state index contributed by atoms with van der Waals surface area (Å²) in [5.41, 5.74) is 0. The summed E-state index contributed by atoms with van der Waals surface area (Å²) in [7, 11) is 0. The van der Waals surface area contributed by atoms with E-state index in [1.165, 1.54) is 0 Å². The summed E-state index contributed by atoms with van der Waals surface area (Å²) in [4.78, 5) is 26.3. The van der Waals surface area contributed by atoms with Crippen LogP contribution in [-0.4, -0.2) is 45.8 Å². The maximum atomic E-state index is 12.3. The fourth-order valence-electron chi connectivity index (χ4n) is 3.07. The number of nitrogens with one attached hydrogen (secondary N) is 2. The van der Waals surface area contributed by atoms with Gasteiger partial charge in [0.1, 0.15) is 5.82 Å². The molecule has 1 fully saturated rings. The Kier molecular flexibility index (Phi) is 5.85. The lowest BCUT2D eigenvalue weighted by Gasteiger charge is -2.38. The minimum absolute atomic E-state index is 0.0151. The van der Waals surface area contributed by atoms with Crippen LogP contribution in [0.5, 0.6) is 0 Å². The third-order valence-electron chi connectivity index (χ3n) is 4.43. The van der Waals surface area contributed by atoms with Crippen LogP contribution >= 0.6 is 0 Å². The van der Waals surface area contributed by atoms with Gasteiger partial charge in [-0.3, -0.25) is 10.1 Å². The lowest BCUT2D eigenvalue weighted by atomic mass is 9.93. The number of hydrogen-bond donors (Lipinski definition) is 2. The quantitative estimate of drug-likeness (QED) is 0.887. The van der Waals surface area contributed by atoms with Crippen molar-refractivity contribution in [3.8, 4) is 0 Å². The molecule has 0 aliphatic carbocycles. The molecular weight excluding hydrogens is 306 g/mol. The molecule has 2 rings (SSSR count). The summed E-state index contributed by atoms with van der Waals surface area (Å²) in [5.74, 6) is 1.11. The van der Waals surface area contributed by atoms with E-state index >= 15 is 0 Å². The number of piperidine rings is 1. The Morgan fingerprint density at radius 1 is 1.29 bits per heavy atom. The van der Waals surface area contributed by atoms with Crippen LogP contribution in [0.3, 0.4) is 0 Å². The van der Waals surface area contributed by atoms with E-state index in [-0.39, 0.29) is 35.9 Å². The van der Waals surface area contributed by atoms with Gasteiger partial charge in [0.25, 0.3) is 0 Å². The van der Waals surface area contributed by atoms with Gasteiger partial charge in [-0.2, -0.15) is 5.10 Å². The summed E-state index contributed by atoms with van der Waals surface area (Å²) >= 11 is 0. The number of nitrogens with zero attached hydrogens (tertiary/aromatic N) is 3. The molecule has 1 aromatic heterocycles. The number of urea groups is 1. The van der Waals surface area contributed by atoms with Gasteiger partial charge in [0.15, 0.2) is 0 Å². The summed E-state index contributed by atoms with van der Waals surface area (Å²) in [6, 6.07) is 1.81. The first-order valence-corrected chi connectivity index (χ1v) is 8.69. The van der Waals surface area contributed by atoms with Crippen LogP contribution in [0.1, 0.15) is 47.1 Å². The van der Waals surface area contributed by atoms with Crippen LogP contribution < -0.4 is 10.6 Å². The monoisotopic (exact) mass is 335 g/mol. The summed E-state index contributed by atoms with van der Waals surface area (Å²) < 4.78 is 1.77. The molecule has 24 heavy (non-hydrogen) atoms. The zero-order valence-corrected chi connectivity index (χ0v) is 15.2. The largest absolute Gasteiger partial charge is 0.342 e. The number of carbonyl (C=O) groups excluding carboxylic acids is 2. The molecule has 3 amide bonds. The number of aromatic nitrogens is 2. The lowest BCUT2D eigenvalue weighted by Crippen LogP contribution is -2.53. The van der Waals surface area contributed by atoms with Crippen molar-refractivity contribution in [1.29, 1.82) is 0 Å². The minimum Gasteiger partial charge on any atom is -0.342 e. The van der Waals surface area contributed by atoms with Crippen molar-refractivity contribution < 1.29 is 9.59 Å². The molecule has 2 heterocycles. The van der Waals surface area contributed by atoms with Gasteiger partial charge in [0.2, 0.25) is 5.91 Å². The van der Waals surface area contributed by atoms with Gasteiger partial charge in [0, 0.05) is 37.2 Å². The molecule has 0 bridgehead atoms. The van der Waals surface area contributed by atoms with Crippen molar-refractivity contribution in [3.05, 3.63) is 12.3 Å². The van der Waals surface area contributed by atoms with E-state index in [2.05, 4.69) is 22.7 Å². The molecule has 2 atom stereocenters. The highest BCUT2D eigenvalue weighted by molar-refractivity contribution is 5.88. The van der Waals surface area contributed by atoms with Gasteiger partial charge in [-0.1, -0.05) is 20.8 Å². The van der Waals surface area contributed by atoms with Crippen molar-refractivity contribution in [2.45, 2.75) is 53.1 Å². The van der Waals surface area contributed by atoms with Gasteiger partial charge in [-0.15, -0.1) is 0 Å². The van der Waals surface area contributed by atoms with Gasteiger partial charge >= 0.3 is 6.03 Å². The lowest BCUT2D eigenvalue weighted by molar-refractivity contribution is -0.136. The normalized spacial score (nSPS) is 21.2. The molecule has 134 valence electrons. The average molecular weight is 335 g/mol. The van der Waals surface area contributed by atoms with E-state index < -0.39 is 0 Å². The molecule has 1 saturated heterocycles. The fourth-order valence-corrected chi connectivity index (χ4v) is 3.07. The van der Waals surface area contributed by atoms with E-state index in [0.717, 1.165) is 6.42 Å². The average Bonchev–Trinajstić information content (AvgIpc) is 2.96. The van der Waals surface area contributed by atoms with Crippen LogP contribution in [0.25, 0.3) is 0 Å². The molecule has 2 N–H and O–H groups in total. The van der Waals surface area contributed by atoms with Crippen molar-refractivity contribution in [2.24, 2.45) is 11.8 Å². The molecule has 0 spiro atoms. The Labute approximate surface area is 143 Å². The SMILES string of the molecule is CC(C)C(=O)N1CCC(NC(=O)Nc2ccnn2C(C)C)C(C)C1. The van der Waals surface area contributed by atoms with Gasteiger partial charge in [-0.25, -0.2) is 9.48 Å². The maximum Gasteiger partial charge on any atom is 0.320 e. The Morgan fingerprint density at radius 3 is 2.58 bits per heavy atom. The first-order chi connectivity index (χ1) is 11.3. The first-order valence-electron chi connectivity index (χ1n) is 8.69. The number of anilines is 1. The van der Waals surface area contributed by atoms with E-state index in [1.54, 1.807) is 16.9 Å². The Morgan fingerprint density at radius 2 is 2.00 bits per heavy atom. The molecule has 0 radical (unpaired) electrons. The third kappa shape index (κ3) is 4.27. The molecule has 1 aliphatic rings. The van der Waals surface area contributed by atoms with Gasteiger partial charge < -0.3 is 10.2 Å². The molecule has 0 aromatic carbocycles. The number of amides is 3. The molecule has 7 heteroatoms. The number of likely N-dealkylation sites (tertiary alicyclic amines) is 1. The zero-order valence-electron chi connectivity index (χ0n) is 15.2. The molecule has 1 aliphatic heterocycles. The highest BCUT2D eigenvalue weighted by Gasteiger charge is 2.30. The molecular formula is C17H29N5O2. The summed E-state index contributed by atoms with van der Waals surface area (Å²) in [6.07, 6.45) is 2.45. The van der Waals surface area contributed by atoms with Crippen LogP contribution in [0, 0.1) is 11.8 Å². The molecule has 7 nitrogen and oxygen atoms in total. The van der Waals surface area contributed by atoms with Crippen LogP contribution in [0.15, 0.2) is 12.3 Å². The van der Waals surface area contributed by atoms with Gasteiger partial charge in [-0.05, 0) is 26.2 Å². The number of carbonyl (C=O) groups is 2. The predicted molar refractivity (Wildman–Crippen MR) is 93.8 cm³/mol. The zero-order chi connectivity index (χ0) is 17.9.